The number of carbonyl (C=O) groups excluding carboxylic acids is 2. The summed E-state index contributed by atoms with van der Waals surface area (Å²) in [5.74, 6) is -1.24. The van der Waals surface area contributed by atoms with E-state index in [0.29, 0.717) is 11.4 Å². The lowest BCUT2D eigenvalue weighted by Crippen LogP contribution is -2.22. The van der Waals surface area contributed by atoms with Gasteiger partial charge in [-0.15, -0.1) is 0 Å². The van der Waals surface area contributed by atoms with Crippen LogP contribution in [-0.4, -0.2) is 19.0 Å². The van der Waals surface area contributed by atoms with Crippen molar-refractivity contribution >= 4 is 23.3 Å². The van der Waals surface area contributed by atoms with Gasteiger partial charge < -0.3 is 25.7 Å². The van der Waals surface area contributed by atoms with E-state index in [-0.39, 0.29) is 23.6 Å². The third-order valence-electron chi connectivity index (χ3n) is 3.05. The lowest BCUT2D eigenvalue weighted by molar-refractivity contribution is -0.255. The smallest absolute Gasteiger partial charge is 0.228 e. The number of nitrogens with two attached hydrogens (primary N) is 1. The van der Waals surface area contributed by atoms with Gasteiger partial charge in [0.15, 0.2) is 0 Å². The number of benzene rings is 2. The fourth-order valence-electron chi connectivity index (χ4n) is 1.95. The second-order valence-corrected chi connectivity index (χ2v) is 4.67. The summed E-state index contributed by atoms with van der Waals surface area (Å²) in [6, 6.07) is 11.0. The molecule has 0 aliphatic carbocycles. The molecule has 22 heavy (non-hydrogen) atoms. The number of amides is 1. The number of ether oxygens (including phenoxy) is 1. The van der Waals surface area contributed by atoms with Gasteiger partial charge in [-0.25, -0.2) is 0 Å². The molecular formula is C16H15N2O4-. The van der Waals surface area contributed by atoms with Crippen molar-refractivity contribution in [3.8, 4) is 5.75 Å². The van der Waals surface area contributed by atoms with Gasteiger partial charge >= 0.3 is 0 Å². The van der Waals surface area contributed by atoms with Gasteiger partial charge in [0.1, 0.15) is 5.75 Å². The molecule has 0 unspecified atom stereocenters. The van der Waals surface area contributed by atoms with Gasteiger partial charge in [0.25, 0.3) is 0 Å². The molecule has 0 atom stereocenters. The van der Waals surface area contributed by atoms with E-state index < -0.39 is 5.97 Å². The zero-order chi connectivity index (χ0) is 16.1. The predicted molar refractivity (Wildman–Crippen MR) is 80.5 cm³/mol. The van der Waals surface area contributed by atoms with Crippen molar-refractivity contribution < 1.29 is 19.4 Å². The summed E-state index contributed by atoms with van der Waals surface area (Å²) >= 11 is 0. The summed E-state index contributed by atoms with van der Waals surface area (Å²) in [6.45, 7) is 0. The Labute approximate surface area is 127 Å². The lowest BCUT2D eigenvalue weighted by atomic mass is 10.1. The molecule has 1 amide bonds. The highest BCUT2D eigenvalue weighted by Crippen LogP contribution is 2.25. The number of aromatic carboxylic acids is 1. The first kappa shape index (κ1) is 15.4. The predicted octanol–water partition coefficient (Wildman–Crippen LogP) is 0.822. The second-order valence-electron chi connectivity index (χ2n) is 4.67. The second kappa shape index (κ2) is 6.62. The average molecular weight is 299 g/mol. The van der Waals surface area contributed by atoms with Crippen LogP contribution in [0, 0.1) is 0 Å². The monoisotopic (exact) mass is 299 g/mol. The van der Waals surface area contributed by atoms with E-state index in [1.807, 2.05) is 0 Å². The molecule has 0 radical (unpaired) electrons. The van der Waals surface area contributed by atoms with E-state index in [9.17, 15) is 14.7 Å². The Morgan fingerprint density at radius 1 is 1.18 bits per heavy atom. The van der Waals surface area contributed by atoms with Gasteiger partial charge in [0.05, 0.1) is 25.2 Å². The van der Waals surface area contributed by atoms with Crippen molar-refractivity contribution in [2.24, 2.45) is 0 Å². The summed E-state index contributed by atoms with van der Waals surface area (Å²) in [4.78, 5) is 22.9. The molecule has 0 saturated heterocycles. The maximum absolute atomic E-state index is 12.1. The largest absolute Gasteiger partial charge is 0.545 e. The highest BCUT2D eigenvalue weighted by molar-refractivity contribution is 5.96. The molecule has 0 bridgehead atoms. The van der Waals surface area contributed by atoms with Gasteiger partial charge in [0, 0.05) is 5.69 Å². The SMILES string of the molecule is COc1ccc(C(=O)[O-])cc1NC(=O)Cc1ccc(N)cc1. The zero-order valence-electron chi connectivity index (χ0n) is 12.0. The molecule has 3 N–H and O–H groups in total. The third-order valence-corrected chi connectivity index (χ3v) is 3.05. The van der Waals surface area contributed by atoms with Gasteiger partial charge in [0.2, 0.25) is 5.91 Å². The maximum Gasteiger partial charge on any atom is 0.228 e. The van der Waals surface area contributed by atoms with Crippen molar-refractivity contribution in [1.82, 2.24) is 0 Å². The first-order chi connectivity index (χ1) is 10.5. The Kier molecular flexibility index (Phi) is 4.63. The Balaban J connectivity index is 2.14. The van der Waals surface area contributed by atoms with Crippen LogP contribution in [0.5, 0.6) is 5.75 Å². The topological polar surface area (TPSA) is 104 Å². The quantitative estimate of drug-likeness (QED) is 0.795. The van der Waals surface area contributed by atoms with Gasteiger partial charge in [-0.2, -0.15) is 0 Å². The van der Waals surface area contributed by atoms with E-state index >= 15 is 0 Å². The molecule has 0 fully saturated rings. The van der Waals surface area contributed by atoms with Crippen LogP contribution >= 0.6 is 0 Å². The highest BCUT2D eigenvalue weighted by Gasteiger charge is 2.10. The van der Waals surface area contributed by atoms with Crippen molar-refractivity contribution in [3.63, 3.8) is 0 Å². The summed E-state index contributed by atoms with van der Waals surface area (Å²) < 4.78 is 5.10. The van der Waals surface area contributed by atoms with Gasteiger partial charge in [-0.3, -0.25) is 4.79 Å². The molecule has 0 heterocycles. The number of carboxylic acid groups (broad SMARTS) is 1. The number of carboxylic acids is 1. The molecular weight excluding hydrogens is 284 g/mol. The standard InChI is InChI=1S/C16H16N2O4/c1-22-14-7-4-11(16(20)21)9-13(14)18-15(19)8-10-2-5-12(17)6-3-10/h2-7,9H,8,17H2,1H3,(H,18,19)(H,20,21)/p-1. The van der Waals surface area contributed by atoms with Crippen LogP contribution in [-0.2, 0) is 11.2 Å². The van der Waals surface area contributed by atoms with E-state index in [1.165, 1.54) is 25.3 Å². The van der Waals surface area contributed by atoms with Crippen LogP contribution in [0.25, 0.3) is 0 Å². The number of rotatable bonds is 5. The van der Waals surface area contributed by atoms with Gasteiger partial charge in [-0.05, 0) is 41.5 Å². The number of methoxy groups -OCH3 is 1. The number of carbonyl (C=O) groups is 2. The molecule has 0 saturated carbocycles. The summed E-state index contributed by atoms with van der Waals surface area (Å²) in [6.07, 6.45) is 0.138. The first-order valence-electron chi connectivity index (χ1n) is 6.53. The van der Waals surface area contributed by atoms with Crippen molar-refractivity contribution in [3.05, 3.63) is 53.6 Å². The fraction of sp³-hybridized carbons (Fsp3) is 0.125. The number of hydrogen-bond acceptors (Lipinski definition) is 5. The lowest BCUT2D eigenvalue weighted by Gasteiger charge is -2.12. The Hall–Kier alpha value is -3.02. The van der Waals surface area contributed by atoms with Crippen LogP contribution in [0.2, 0.25) is 0 Å². The molecule has 0 aliphatic heterocycles. The minimum Gasteiger partial charge on any atom is -0.545 e. The molecule has 0 aliphatic rings. The maximum atomic E-state index is 12.1. The normalized spacial score (nSPS) is 10.0. The van der Waals surface area contributed by atoms with E-state index in [0.717, 1.165) is 5.56 Å². The number of hydrogen-bond donors (Lipinski definition) is 2. The summed E-state index contributed by atoms with van der Waals surface area (Å²) in [5, 5.41) is 13.5. The van der Waals surface area contributed by atoms with E-state index in [1.54, 1.807) is 24.3 Å². The minimum absolute atomic E-state index is 0.0383. The number of anilines is 2. The average Bonchev–Trinajstić information content (AvgIpc) is 2.49. The van der Waals surface area contributed by atoms with Crippen molar-refractivity contribution in [1.29, 1.82) is 0 Å². The highest BCUT2D eigenvalue weighted by atomic mass is 16.5. The molecule has 0 aromatic heterocycles. The van der Waals surface area contributed by atoms with Crippen molar-refractivity contribution in [2.75, 3.05) is 18.2 Å². The van der Waals surface area contributed by atoms with Crippen LogP contribution in [0.3, 0.4) is 0 Å². The molecule has 6 heteroatoms. The Morgan fingerprint density at radius 2 is 1.86 bits per heavy atom. The fourth-order valence-corrected chi connectivity index (χ4v) is 1.95. The number of nitrogen functional groups attached to an aromatic ring is 1. The molecule has 0 spiro atoms. The van der Waals surface area contributed by atoms with E-state index in [4.69, 9.17) is 10.5 Å². The molecule has 2 aromatic rings. The Morgan fingerprint density at radius 3 is 2.45 bits per heavy atom. The molecule has 6 nitrogen and oxygen atoms in total. The van der Waals surface area contributed by atoms with Gasteiger partial charge in [-0.1, -0.05) is 12.1 Å². The summed E-state index contributed by atoms with van der Waals surface area (Å²) in [5.41, 5.74) is 7.24. The zero-order valence-corrected chi connectivity index (χ0v) is 12.0. The third kappa shape index (κ3) is 3.76. The van der Waals surface area contributed by atoms with Crippen LogP contribution in [0.4, 0.5) is 11.4 Å². The molecule has 2 aromatic carbocycles. The van der Waals surface area contributed by atoms with Crippen LogP contribution in [0.1, 0.15) is 15.9 Å². The Bertz CT molecular complexity index is 696. The van der Waals surface area contributed by atoms with Crippen LogP contribution in [0.15, 0.2) is 42.5 Å². The summed E-state index contributed by atoms with van der Waals surface area (Å²) in [7, 11) is 1.43. The first-order valence-corrected chi connectivity index (χ1v) is 6.53. The molecule has 2 rings (SSSR count). The molecule has 114 valence electrons. The van der Waals surface area contributed by atoms with Crippen molar-refractivity contribution in [2.45, 2.75) is 6.42 Å². The minimum atomic E-state index is -1.32. The number of nitrogens with one attached hydrogen (secondary N) is 1. The van der Waals surface area contributed by atoms with Crippen LogP contribution < -0.4 is 20.9 Å². The van der Waals surface area contributed by atoms with E-state index in [2.05, 4.69) is 5.32 Å².